The van der Waals surface area contributed by atoms with Gasteiger partial charge in [0.2, 0.25) is 11.0 Å². The van der Waals surface area contributed by atoms with Crippen molar-refractivity contribution in [2.24, 2.45) is 5.92 Å². The Bertz CT molecular complexity index is 1240. The second-order valence-electron chi connectivity index (χ2n) is 8.51. The van der Waals surface area contributed by atoms with Gasteiger partial charge in [0.15, 0.2) is 0 Å². The number of nitrogens with zero attached hydrogens (tertiary/aromatic N) is 3. The molecule has 0 bridgehead atoms. The molecule has 0 saturated carbocycles. The van der Waals surface area contributed by atoms with Gasteiger partial charge in [-0.1, -0.05) is 43.4 Å². The maximum Gasteiger partial charge on any atom is 0.416 e. The molecule has 2 amide bonds. The molecule has 0 fully saturated rings. The Balaban J connectivity index is 1.64. The van der Waals surface area contributed by atoms with Crippen LogP contribution in [-0.4, -0.2) is 40.0 Å². The lowest BCUT2D eigenvalue weighted by Crippen LogP contribution is -2.36. The summed E-state index contributed by atoms with van der Waals surface area (Å²) in [6.45, 7) is 3.83. The van der Waals surface area contributed by atoms with Crippen LogP contribution in [0.25, 0.3) is 10.6 Å². The van der Waals surface area contributed by atoms with Crippen LogP contribution in [0.3, 0.4) is 0 Å². The van der Waals surface area contributed by atoms with Crippen LogP contribution >= 0.6 is 11.3 Å². The summed E-state index contributed by atoms with van der Waals surface area (Å²) < 4.78 is 77.3. The lowest BCUT2D eigenvalue weighted by atomic mass is 10.1. The number of amides is 2. The summed E-state index contributed by atoms with van der Waals surface area (Å²) >= 11 is 0.957. The molecule has 0 aliphatic rings. The van der Waals surface area contributed by atoms with Crippen LogP contribution in [0, 0.1) is 5.92 Å². The number of carbonyl (C=O) groups is 2. The molecule has 0 atom stereocenters. The number of halogens is 6. The fourth-order valence-electron chi connectivity index (χ4n) is 3.34. The highest BCUT2D eigenvalue weighted by Crippen LogP contribution is 2.33. The highest BCUT2D eigenvalue weighted by Gasteiger charge is 2.32. The summed E-state index contributed by atoms with van der Waals surface area (Å²) in [6, 6.07) is 8.42. The van der Waals surface area contributed by atoms with Crippen molar-refractivity contribution >= 4 is 28.3 Å². The van der Waals surface area contributed by atoms with Crippen molar-refractivity contribution in [1.82, 2.24) is 15.1 Å². The third-order valence-electron chi connectivity index (χ3n) is 5.05. The topological polar surface area (TPSA) is 75.2 Å². The van der Waals surface area contributed by atoms with E-state index in [-0.39, 0.29) is 36.1 Å². The van der Waals surface area contributed by atoms with Gasteiger partial charge in [0, 0.05) is 30.6 Å². The molecule has 0 spiro atoms. The van der Waals surface area contributed by atoms with Crippen molar-refractivity contribution < 1.29 is 35.9 Å². The summed E-state index contributed by atoms with van der Waals surface area (Å²) in [5.41, 5.74) is -1.50. The molecule has 0 aliphatic heterocycles. The van der Waals surface area contributed by atoms with Gasteiger partial charge in [0.25, 0.3) is 5.91 Å². The molecular weight excluding hydrogens is 522 g/mol. The number of rotatable bonds is 8. The maximum atomic E-state index is 13.0. The van der Waals surface area contributed by atoms with E-state index < -0.39 is 35.3 Å². The van der Waals surface area contributed by atoms with E-state index in [1.807, 2.05) is 13.8 Å². The summed E-state index contributed by atoms with van der Waals surface area (Å²) in [4.78, 5) is 26.7. The average Bonchev–Trinajstić information content (AvgIpc) is 3.28. The zero-order chi connectivity index (χ0) is 27.4. The van der Waals surface area contributed by atoms with E-state index in [4.69, 9.17) is 0 Å². The smallest absolute Gasteiger partial charge is 0.338 e. The number of nitrogens with one attached hydrogen (secondary N) is 1. The van der Waals surface area contributed by atoms with Gasteiger partial charge in [0.1, 0.15) is 5.01 Å². The van der Waals surface area contributed by atoms with Crippen molar-refractivity contribution in [2.75, 3.05) is 18.4 Å². The van der Waals surface area contributed by atoms with E-state index in [9.17, 15) is 35.9 Å². The monoisotopic (exact) mass is 544 g/mol. The number of hydrogen-bond donors (Lipinski definition) is 1. The highest BCUT2D eigenvalue weighted by atomic mass is 32.1. The second-order valence-corrected chi connectivity index (χ2v) is 9.49. The Morgan fingerprint density at radius 2 is 1.59 bits per heavy atom. The van der Waals surface area contributed by atoms with Crippen molar-refractivity contribution in [3.05, 3.63) is 65.2 Å². The van der Waals surface area contributed by atoms with Gasteiger partial charge in [-0.15, -0.1) is 10.2 Å². The lowest BCUT2D eigenvalue weighted by molar-refractivity contribution is -0.138. The number of carbonyl (C=O) groups excluding carboxylic acids is 2. The Morgan fingerprint density at radius 1 is 0.946 bits per heavy atom. The fraction of sp³-hybridized carbons (Fsp3) is 0.333. The van der Waals surface area contributed by atoms with Crippen molar-refractivity contribution in [3.63, 3.8) is 0 Å². The zero-order valence-corrected chi connectivity index (χ0v) is 20.5. The Kier molecular flexibility index (Phi) is 8.57. The number of anilines is 1. The summed E-state index contributed by atoms with van der Waals surface area (Å²) in [5.74, 6) is -1.15. The van der Waals surface area contributed by atoms with Gasteiger partial charge in [-0.25, -0.2) is 0 Å². The molecule has 1 heterocycles. The zero-order valence-electron chi connectivity index (χ0n) is 19.7. The molecule has 198 valence electrons. The summed E-state index contributed by atoms with van der Waals surface area (Å²) in [6.07, 6.45) is -9.22. The van der Waals surface area contributed by atoms with E-state index in [2.05, 4.69) is 15.5 Å². The molecule has 0 saturated heterocycles. The predicted octanol–water partition coefficient (Wildman–Crippen LogP) is 6.37. The van der Waals surface area contributed by atoms with Gasteiger partial charge < -0.3 is 10.2 Å². The number of benzene rings is 2. The Labute approximate surface area is 212 Å². The summed E-state index contributed by atoms with van der Waals surface area (Å²) in [5, 5.41) is 10.6. The molecule has 0 radical (unpaired) electrons. The van der Waals surface area contributed by atoms with Crippen LogP contribution in [0.1, 0.15) is 41.8 Å². The van der Waals surface area contributed by atoms with Crippen LogP contribution < -0.4 is 5.32 Å². The molecule has 1 N–H and O–H groups in total. The van der Waals surface area contributed by atoms with Gasteiger partial charge in [-0.05, 0) is 36.2 Å². The van der Waals surface area contributed by atoms with E-state index in [1.165, 1.54) is 23.1 Å². The molecule has 0 unspecified atom stereocenters. The van der Waals surface area contributed by atoms with E-state index in [0.29, 0.717) is 10.6 Å². The van der Waals surface area contributed by atoms with Gasteiger partial charge in [-0.3, -0.25) is 9.59 Å². The standard InChI is InChI=1S/C24H22F6N4O2S/c1-14(2)13-34(21(36)16-4-3-5-18(12-16)24(28,29)30)11-10-19(35)31-22-33-32-20(37-22)15-6-8-17(9-7-15)23(25,26)27/h3-9,12,14H,10-11,13H2,1-2H3,(H,31,33,35). The second kappa shape index (κ2) is 11.3. The van der Waals surface area contributed by atoms with E-state index >= 15 is 0 Å². The molecule has 6 nitrogen and oxygen atoms in total. The molecule has 3 rings (SSSR count). The number of aromatic nitrogens is 2. The SMILES string of the molecule is CC(C)CN(CCC(=O)Nc1nnc(-c2ccc(C(F)(F)F)cc2)s1)C(=O)c1cccc(C(F)(F)F)c1. The third-order valence-corrected chi connectivity index (χ3v) is 5.94. The summed E-state index contributed by atoms with van der Waals surface area (Å²) in [7, 11) is 0. The molecule has 37 heavy (non-hydrogen) atoms. The first-order chi connectivity index (χ1) is 17.2. The van der Waals surface area contributed by atoms with Crippen molar-refractivity contribution in [2.45, 2.75) is 32.6 Å². The van der Waals surface area contributed by atoms with Gasteiger partial charge >= 0.3 is 12.4 Å². The first kappa shape index (κ1) is 28.1. The first-order valence-corrected chi connectivity index (χ1v) is 11.8. The molecule has 2 aromatic carbocycles. The van der Waals surface area contributed by atoms with Crippen LogP contribution in [-0.2, 0) is 17.1 Å². The minimum Gasteiger partial charge on any atom is -0.338 e. The van der Waals surface area contributed by atoms with Crippen LogP contribution in [0.5, 0.6) is 0 Å². The first-order valence-electron chi connectivity index (χ1n) is 11.0. The number of alkyl halides is 6. The lowest BCUT2D eigenvalue weighted by Gasteiger charge is -2.24. The Morgan fingerprint density at radius 3 is 2.19 bits per heavy atom. The van der Waals surface area contributed by atoms with Crippen LogP contribution in [0.2, 0.25) is 0 Å². The molecule has 13 heteroatoms. The molecule has 0 aliphatic carbocycles. The predicted molar refractivity (Wildman–Crippen MR) is 126 cm³/mol. The van der Waals surface area contributed by atoms with E-state index in [0.717, 1.165) is 41.7 Å². The fourth-order valence-corrected chi connectivity index (χ4v) is 4.10. The molecular formula is C24H22F6N4O2S. The Hall–Kier alpha value is -3.48. The normalized spacial score (nSPS) is 12.0. The van der Waals surface area contributed by atoms with Crippen molar-refractivity contribution in [1.29, 1.82) is 0 Å². The highest BCUT2D eigenvalue weighted by molar-refractivity contribution is 7.18. The molecule has 1 aromatic heterocycles. The quantitative estimate of drug-likeness (QED) is 0.335. The van der Waals surface area contributed by atoms with Crippen LogP contribution in [0.4, 0.5) is 31.5 Å². The van der Waals surface area contributed by atoms with Gasteiger partial charge in [0.05, 0.1) is 11.1 Å². The largest absolute Gasteiger partial charge is 0.416 e. The van der Waals surface area contributed by atoms with Crippen molar-refractivity contribution in [3.8, 4) is 10.6 Å². The van der Waals surface area contributed by atoms with Gasteiger partial charge in [-0.2, -0.15) is 26.3 Å². The molecule has 3 aromatic rings. The maximum absolute atomic E-state index is 13.0. The minimum atomic E-state index is -4.60. The minimum absolute atomic E-state index is 0.00716. The van der Waals surface area contributed by atoms with Crippen LogP contribution in [0.15, 0.2) is 48.5 Å². The van der Waals surface area contributed by atoms with E-state index in [1.54, 1.807) is 0 Å². The average molecular weight is 545 g/mol. The third kappa shape index (κ3) is 7.75. The number of hydrogen-bond acceptors (Lipinski definition) is 5.